The average Bonchev–Trinajstić information content (AvgIpc) is 2.45. The number of nitrogens with two attached hydrogens (primary N) is 1. The molecule has 1 aliphatic carbocycles. The quantitative estimate of drug-likeness (QED) is 0.887. The van der Waals surface area contributed by atoms with E-state index in [9.17, 15) is 4.79 Å². The monoisotopic (exact) mass is 274 g/mol. The van der Waals surface area contributed by atoms with E-state index >= 15 is 0 Å². The Labute approximate surface area is 121 Å². The van der Waals surface area contributed by atoms with E-state index in [1.807, 2.05) is 25.1 Å². The molecule has 1 aromatic rings. The number of hydrogen-bond acceptors (Lipinski definition) is 2. The van der Waals surface area contributed by atoms with Gasteiger partial charge in [-0.3, -0.25) is 4.79 Å². The highest BCUT2D eigenvalue weighted by molar-refractivity contribution is 5.80. The van der Waals surface area contributed by atoms with Crippen molar-refractivity contribution in [3.05, 3.63) is 35.9 Å². The molecule has 2 rings (SSSR count). The van der Waals surface area contributed by atoms with Crippen LogP contribution >= 0.6 is 0 Å². The Hall–Kier alpha value is -1.35. The van der Waals surface area contributed by atoms with Crippen LogP contribution in [0, 0.1) is 5.92 Å². The summed E-state index contributed by atoms with van der Waals surface area (Å²) >= 11 is 0. The van der Waals surface area contributed by atoms with Crippen LogP contribution in [0.5, 0.6) is 0 Å². The third-order valence-electron chi connectivity index (χ3n) is 4.52. The van der Waals surface area contributed by atoms with Crippen molar-refractivity contribution in [3.63, 3.8) is 0 Å². The molecule has 3 nitrogen and oxygen atoms in total. The number of carbonyl (C=O) groups excluding carboxylic acids is 1. The lowest BCUT2D eigenvalue weighted by Gasteiger charge is -2.37. The molecule has 1 amide bonds. The molecule has 1 aliphatic rings. The number of amides is 1. The summed E-state index contributed by atoms with van der Waals surface area (Å²) < 4.78 is 0. The second-order valence-corrected chi connectivity index (χ2v) is 6.36. The summed E-state index contributed by atoms with van der Waals surface area (Å²) in [6.07, 6.45) is 4.11. The number of rotatable bonds is 4. The Morgan fingerprint density at radius 2 is 2.10 bits per heavy atom. The van der Waals surface area contributed by atoms with Gasteiger partial charge in [-0.15, -0.1) is 0 Å². The van der Waals surface area contributed by atoms with Crippen molar-refractivity contribution in [2.75, 3.05) is 6.54 Å². The van der Waals surface area contributed by atoms with Gasteiger partial charge in [0.25, 0.3) is 0 Å². The minimum atomic E-state index is -0.349. The molecule has 0 aliphatic heterocycles. The minimum Gasteiger partial charge on any atom is -0.355 e. The lowest BCUT2D eigenvalue weighted by atomic mass is 9.74. The molecule has 0 bridgehead atoms. The summed E-state index contributed by atoms with van der Waals surface area (Å²) in [5, 5.41) is 3.09. The van der Waals surface area contributed by atoms with Gasteiger partial charge in [0, 0.05) is 12.1 Å². The van der Waals surface area contributed by atoms with Crippen molar-refractivity contribution in [2.45, 2.75) is 51.0 Å². The number of carbonyl (C=O) groups is 1. The van der Waals surface area contributed by atoms with E-state index in [4.69, 9.17) is 5.73 Å². The van der Waals surface area contributed by atoms with Crippen molar-refractivity contribution < 1.29 is 4.79 Å². The van der Waals surface area contributed by atoms with Gasteiger partial charge in [0.1, 0.15) is 0 Å². The lowest BCUT2D eigenvalue weighted by molar-refractivity contribution is -0.128. The van der Waals surface area contributed by atoms with Crippen molar-refractivity contribution in [3.8, 4) is 0 Å². The summed E-state index contributed by atoms with van der Waals surface area (Å²) in [6, 6.07) is 10.3. The molecule has 110 valence electrons. The van der Waals surface area contributed by atoms with Gasteiger partial charge in [-0.25, -0.2) is 0 Å². The van der Waals surface area contributed by atoms with Crippen LogP contribution in [-0.4, -0.2) is 18.0 Å². The van der Waals surface area contributed by atoms with E-state index in [-0.39, 0.29) is 17.4 Å². The van der Waals surface area contributed by atoms with Gasteiger partial charge in [-0.1, -0.05) is 50.1 Å². The lowest BCUT2D eigenvalue weighted by Crippen LogP contribution is -2.53. The van der Waals surface area contributed by atoms with E-state index < -0.39 is 0 Å². The molecule has 0 saturated heterocycles. The Morgan fingerprint density at radius 3 is 2.75 bits per heavy atom. The maximum atomic E-state index is 12.4. The van der Waals surface area contributed by atoms with E-state index in [0.717, 1.165) is 25.7 Å². The van der Waals surface area contributed by atoms with Gasteiger partial charge < -0.3 is 11.1 Å². The minimum absolute atomic E-state index is 0.0424. The van der Waals surface area contributed by atoms with Gasteiger partial charge in [0.2, 0.25) is 5.91 Å². The zero-order valence-corrected chi connectivity index (χ0v) is 12.6. The first-order valence-corrected chi connectivity index (χ1v) is 7.62. The second-order valence-electron chi connectivity index (χ2n) is 6.36. The van der Waals surface area contributed by atoms with Crippen LogP contribution in [-0.2, 0) is 4.79 Å². The largest absolute Gasteiger partial charge is 0.355 e. The Morgan fingerprint density at radius 1 is 1.40 bits per heavy atom. The van der Waals surface area contributed by atoms with Crippen LogP contribution in [0.4, 0.5) is 0 Å². The molecule has 20 heavy (non-hydrogen) atoms. The average molecular weight is 274 g/mol. The molecule has 0 heterocycles. The molecule has 0 radical (unpaired) electrons. The predicted octanol–water partition coefficient (Wildman–Crippen LogP) is 2.81. The maximum absolute atomic E-state index is 12.4. The summed E-state index contributed by atoms with van der Waals surface area (Å²) in [5.74, 6) is 0.407. The summed E-state index contributed by atoms with van der Waals surface area (Å²) in [6.45, 7) is 4.82. The van der Waals surface area contributed by atoms with Crippen molar-refractivity contribution in [2.24, 2.45) is 11.7 Å². The highest BCUT2D eigenvalue weighted by atomic mass is 16.1. The number of nitrogens with one attached hydrogen (secondary N) is 1. The van der Waals surface area contributed by atoms with Gasteiger partial charge in [0.15, 0.2) is 0 Å². The highest BCUT2D eigenvalue weighted by Gasteiger charge is 2.37. The number of benzene rings is 1. The van der Waals surface area contributed by atoms with Gasteiger partial charge >= 0.3 is 0 Å². The van der Waals surface area contributed by atoms with Crippen molar-refractivity contribution >= 4 is 5.91 Å². The topological polar surface area (TPSA) is 55.1 Å². The Kier molecular flexibility index (Phi) is 4.81. The Balaban J connectivity index is 1.89. The molecule has 3 heteroatoms. The maximum Gasteiger partial charge on any atom is 0.224 e. The van der Waals surface area contributed by atoms with Crippen molar-refractivity contribution in [1.29, 1.82) is 0 Å². The van der Waals surface area contributed by atoms with Gasteiger partial charge in [-0.2, -0.15) is 0 Å². The smallest absolute Gasteiger partial charge is 0.224 e. The van der Waals surface area contributed by atoms with E-state index in [1.165, 1.54) is 5.56 Å². The number of hydrogen-bond donors (Lipinski definition) is 2. The summed E-state index contributed by atoms with van der Waals surface area (Å²) in [5.41, 5.74) is 7.19. The molecule has 1 aromatic carbocycles. The SMILES string of the molecule is CC(CNC(=O)C1CCCCC1(C)N)c1ccccc1. The van der Waals surface area contributed by atoms with Gasteiger partial charge in [-0.05, 0) is 31.2 Å². The van der Waals surface area contributed by atoms with Crippen LogP contribution in [0.3, 0.4) is 0 Å². The molecule has 3 N–H and O–H groups in total. The molecule has 3 atom stereocenters. The van der Waals surface area contributed by atoms with Gasteiger partial charge in [0.05, 0.1) is 5.92 Å². The normalized spacial score (nSPS) is 27.9. The fourth-order valence-corrected chi connectivity index (χ4v) is 3.07. The first kappa shape index (κ1) is 15.0. The zero-order valence-electron chi connectivity index (χ0n) is 12.6. The van der Waals surface area contributed by atoms with E-state index in [0.29, 0.717) is 12.5 Å². The highest BCUT2D eigenvalue weighted by Crippen LogP contribution is 2.31. The van der Waals surface area contributed by atoms with Crippen LogP contribution in [0.1, 0.15) is 51.0 Å². The van der Waals surface area contributed by atoms with E-state index in [1.54, 1.807) is 0 Å². The third kappa shape index (κ3) is 3.60. The summed E-state index contributed by atoms with van der Waals surface area (Å²) in [7, 11) is 0. The third-order valence-corrected chi connectivity index (χ3v) is 4.52. The molecule has 0 spiro atoms. The first-order valence-electron chi connectivity index (χ1n) is 7.62. The first-order chi connectivity index (χ1) is 9.50. The van der Waals surface area contributed by atoms with E-state index in [2.05, 4.69) is 24.4 Å². The van der Waals surface area contributed by atoms with Crippen LogP contribution in [0.15, 0.2) is 30.3 Å². The fourth-order valence-electron chi connectivity index (χ4n) is 3.07. The van der Waals surface area contributed by atoms with Crippen LogP contribution < -0.4 is 11.1 Å². The molecular formula is C17H26N2O. The molecule has 1 fully saturated rings. The molecule has 1 saturated carbocycles. The zero-order chi connectivity index (χ0) is 14.6. The second kappa shape index (κ2) is 6.40. The summed E-state index contributed by atoms with van der Waals surface area (Å²) in [4.78, 5) is 12.4. The van der Waals surface area contributed by atoms with Crippen molar-refractivity contribution in [1.82, 2.24) is 5.32 Å². The molecular weight excluding hydrogens is 248 g/mol. The van der Waals surface area contributed by atoms with Crippen LogP contribution in [0.2, 0.25) is 0 Å². The standard InChI is InChI=1S/C17H26N2O/c1-13(14-8-4-3-5-9-14)12-19-16(20)15-10-6-7-11-17(15,2)18/h3-5,8-9,13,15H,6-7,10-12,18H2,1-2H3,(H,19,20). The molecule has 0 aromatic heterocycles. The van der Waals surface area contributed by atoms with Crippen LogP contribution in [0.25, 0.3) is 0 Å². The Bertz CT molecular complexity index is 442. The predicted molar refractivity (Wildman–Crippen MR) is 82.4 cm³/mol. The fraction of sp³-hybridized carbons (Fsp3) is 0.588. The molecule has 3 unspecified atom stereocenters.